The molecule has 0 unspecified atom stereocenters. The third-order valence-corrected chi connectivity index (χ3v) is 6.18. The molecule has 0 aliphatic carbocycles. The Kier molecular flexibility index (Phi) is 9.91. The molecule has 1 aliphatic rings. The maximum Gasteiger partial charge on any atom is 0.227 e. The molecule has 0 spiro atoms. The minimum absolute atomic E-state index is 0.167. The zero-order valence-electron chi connectivity index (χ0n) is 20.3. The fourth-order valence-electron chi connectivity index (χ4n) is 4.42. The molecule has 180 valence electrons. The first kappa shape index (κ1) is 24.9. The number of aromatic nitrogens is 3. The van der Waals surface area contributed by atoms with Gasteiger partial charge in [0.1, 0.15) is 12.7 Å². The van der Waals surface area contributed by atoms with E-state index in [1.807, 2.05) is 28.0 Å². The van der Waals surface area contributed by atoms with Crippen molar-refractivity contribution < 1.29 is 9.59 Å². The maximum absolute atomic E-state index is 13.2. The standard InChI is InChI=1S/C26H39N5O2/c1-22(2)18-26(33)31-17-10-6-4-3-5-9-15-29(19-23-12-7-8-13-24(23)31)25(32)14-11-16-30-21-27-20-28-30/h7-8,12-13,20-22H,3-6,9-11,14-19H2,1-2H3. The Hall–Kier alpha value is -2.70. The Labute approximate surface area is 198 Å². The van der Waals surface area contributed by atoms with Crippen LogP contribution in [0.4, 0.5) is 5.69 Å². The molecule has 2 heterocycles. The molecule has 7 heteroatoms. The number of para-hydroxylation sites is 1. The van der Waals surface area contributed by atoms with E-state index in [0.717, 1.165) is 56.4 Å². The van der Waals surface area contributed by atoms with Crippen molar-refractivity contribution in [2.45, 2.75) is 84.7 Å². The average Bonchev–Trinajstić information content (AvgIpc) is 3.30. The monoisotopic (exact) mass is 453 g/mol. The zero-order chi connectivity index (χ0) is 23.5. The third kappa shape index (κ3) is 7.98. The van der Waals surface area contributed by atoms with Crippen molar-refractivity contribution >= 4 is 17.5 Å². The van der Waals surface area contributed by atoms with E-state index in [9.17, 15) is 9.59 Å². The van der Waals surface area contributed by atoms with E-state index in [-0.39, 0.29) is 11.8 Å². The number of hydrogen-bond acceptors (Lipinski definition) is 4. The van der Waals surface area contributed by atoms with Gasteiger partial charge in [-0.3, -0.25) is 14.3 Å². The predicted octanol–water partition coefficient (Wildman–Crippen LogP) is 4.82. The van der Waals surface area contributed by atoms with Gasteiger partial charge in [0.25, 0.3) is 0 Å². The van der Waals surface area contributed by atoms with Crippen molar-refractivity contribution in [3.63, 3.8) is 0 Å². The molecule has 2 aromatic rings. The predicted molar refractivity (Wildman–Crippen MR) is 131 cm³/mol. The van der Waals surface area contributed by atoms with E-state index in [4.69, 9.17) is 0 Å². The van der Waals surface area contributed by atoms with Gasteiger partial charge in [-0.1, -0.05) is 57.7 Å². The second-order valence-corrected chi connectivity index (χ2v) is 9.47. The van der Waals surface area contributed by atoms with E-state index in [1.54, 1.807) is 11.0 Å². The largest absolute Gasteiger partial charge is 0.338 e. The Bertz CT molecular complexity index is 865. The second kappa shape index (κ2) is 13.1. The Morgan fingerprint density at radius 1 is 0.970 bits per heavy atom. The van der Waals surface area contributed by atoms with E-state index in [2.05, 4.69) is 30.0 Å². The quantitative estimate of drug-likeness (QED) is 0.629. The van der Waals surface area contributed by atoms with Gasteiger partial charge in [-0.15, -0.1) is 0 Å². The summed E-state index contributed by atoms with van der Waals surface area (Å²) >= 11 is 0. The Morgan fingerprint density at radius 2 is 1.70 bits per heavy atom. The molecular weight excluding hydrogens is 414 g/mol. The van der Waals surface area contributed by atoms with Crippen LogP contribution in [0.1, 0.15) is 77.2 Å². The van der Waals surface area contributed by atoms with Crippen LogP contribution in [-0.2, 0) is 22.7 Å². The van der Waals surface area contributed by atoms with Crippen molar-refractivity contribution in [3.8, 4) is 0 Å². The number of aryl methyl sites for hydroxylation is 1. The smallest absolute Gasteiger partial charge is 0.227 e. The minimum Gasteiger partial charge on any atom is -0.338 e. The fourth-order valence-corrected chi connectivity index (χ4v) is 4.42. The van der Waals surface area contributed by atoms with Gasteiger partial charge in [0.05, 0.1) is 0 Å². The minimum atomic E-state index is 0.167. The molecule has 1 aromatic carbocycles. The lowest BCUT2D eigenvalue weighted by Crippen LogP contribution is -2.35. The molecular formula is C26H39N5O2. The van der Waals surface area contributed by atoms with Crippen LogP contribution >= 0.6 is 0 Å². The van der Waals surface area contributed by atoms with Crippen LogP contribution in [0.2, 0.25) is 0 Å². The lowest BCUT2D eigenvalue weighted by Gasteiger charge is -2.29. The first-order valence-corrected chi connectivity index (χ1v) is 12.5. The van der Waals surface area contributed by atoms with Crippen molar-refractivity contribution in [1.82, 2.24) is 19.7 Å². The van der Waals surface area contributed by atoms with Crippen LogP contribution in [0.5, 0.6) is 0 Å². The Morgan fingerprint density at radius 3 is 2.42 bits per heavy atom. The molecule has 0 bridgehead atoms. The van der Waals surface area contributed by atoms with E-state index < -0.39 is 0 Å². The van der Waals surface area contributed by atoms with Gasteiger partial charge in [0.2, 0.25) is 11.8 Å². The molecule has 0 saturated heterocycles. The summed E-state index contributed by atoms with van der Waals surface area (Å²) in [7, 11) is 0. The highest BCUT2D eigenvalue weighted by Crippen LogP contribution is 2.26. The van der Waals surface area contributed by atoms with Gasteiger partial charge >= 0.3 is 0 Å². The van der Waals surface area contributed by atoms with Crippen LogP contribution in [0.15, 0.2) is 36.9 Å². The van der Waals surface area contributed by atoms with Gasteiger partial charge in [0, 0.05) is 44.7 Å². The zero-order valence-corrected chi connectivity index (χ0v) is 20.3. The summed E-state index contributed by atoms with van der Waals surface area (Å²) in [5.74, 6) is 0.662. The highest BCUT2D eigenvalue weighted by atomic mass is 16.2. The molecule has 0 radical (unpaired) electrons. The lowest BCUT2D eigenvalue weighted by atomic mass is 10.1. The lowest BCUT2D eigenvalue weighted by molar-refractivity contribution is -0.132. The Balaban J connectivity index is 1.77. The molecule has 33 heavy (non-hydrogen) atoms. The number of benzene rings is 1. The van der Waals surface area contributed by atoms with Crippen LogP contribution in [0.25, 0.3) is 0 Å². The van der Waals surface area contributed by atoms with E-state index in [1.165, 1.54) is 19.2 Å². The van der Waals surface area contributed by atoms with E-state index >= 15 is 0 Å². The van der Waals surface area contributed by atoms with Gasteiger partial charge in [-0.05, 0) is 36.8 Å². The SMILES string of the molecule is CC(C)CC(=O)N1CCCCCCCCN(C(=O)CCCn2cncn2)Cc2ccccc21. The maximum atomic E-state index is 13.2. The number of rotatable bonds is 6. The number of hydrogen-bond donors (Lipinski definition) is 0. The van der Waals surface area contributed by atoms with Crippen LogP contribution in [0, 0.1) is 5.92 Å². The summed E-state index contributed by atoms with van der Waals surface area (Å²) in [5.41, 5.74) is 2.02. The highest BCUT2D eigenvalue weighted by Gasteiger charge is 2.22. The van der Waals surface area contributed by atoms with Gasteiger partial charge in [0.15, 0.2) is 0 Å². The van der Waals surface area contributed by atoms with Crippen LogP contribution in [0.3, 0.4) is 0 Å². The summed E-state index contributed by atoms with van der Waals surface area (Å²) in [5, 5.41) is 4.12. The number of fused-ring (bicyclic) bond motifs is 1. The topological polar surface area (TPSA) is 71.3 Å². The molecule has 7 nitrogen and oxygen atoms in total. The van der Waals surface area contributed by atoms with E-state index in [0.29, 0.717) is 31.8 Å². The number of nitrogens with zero attached hydrogens (tertiary/aromatic N) is 5. The first-order chi connectivity index (χ1) is 16.0. The van der Waals surface area contributed by atoms with Crippen molar-refractivity contribution in [1.29, 1.82) is 0 Å². The molecule has 0 fully saturated rings. The first-order valence-electron chi connectivity index (χ1n) is 12.5. The van der Waals surface area contributed by atoms with Crippen molar-refractivity contribution in [2.24, 2.45) is 5.92 Å². The molecule has 1 aromatic heterocycles. The normalized spacial score (nSPS) is 16.0. The highest BCUT2D eigenvalue weighted by molar-refractivity contribution is 5.94. The number of carbonyl (C=O) groups is 2. The molecule has 1 aliphatic heterocycles. The summed E-state index contributed by atoms with van der Waals surface area (Å²) in [4.78, 5) is 34.3. The van der Waals surface area contributed by atoms with Gasteiger partial charge in [-0.25, -0.2) is 4.98 Å². The number of carbonyl (C=O) groups excluding carboxylic acids is 2. The summed E-state index contributed by atoms with van der Waals surface area (Å²) in [6.45, 7) is 6.91. The fraction of sp³-hybridized carbons (Fsp3) is 0.615. The molecule has 3 rings (SSSR count). The van der Waals surface area contributed by atoms with Gasteiger partial charge in [-0.2, -0.15) is 5.10 Å². The molecule has 2 amide bonds. The van der Waals surface area contributed by atoms with Gasteiger partial charge < -0.3 is 9.80 Å². The summed E-state index contributed by atoms with van der Waals surface area (Å²) in [6.07, 6.45) is 11.6. The second-order valence-electron chi connectivity index (χ2n) is 9.47. The molecule has 0 N–H and O–H groups in total. The summed E-state index contributed by atoms with van der Waals surface area (Å²) < 4.78 is 1.76. The van der Waals surface area contributed by atoms with Crippen molar-refractivity contribution in [2.75, 3.05) is 18.0 Å². The van der Waals surface area contributed by atoms with Crippen LogP contribution < -0.4 is 4.90 Å². The average molecular weight is 454 g/mol. The van der Waals surface area contributed by atoms with Crippen LogP contribution in [-0.4, -0.2) is 44.6 Å². The molecule has 0 atom stereocenters. The number of anilines is 1. The molecule has 0 saturated carbocycles. The summed E-state index contributed by atoms with van der Waals surface area (Å²) in [6, 6.07) is 8.12. The third-order valence-electron chi connectivity index (χ3n) is 6.18. The van der Waals surface area contributed by atoms with Crippen molar-refractivity contribution in [3.05, 3.63) is 42.5 Å². The number of amides is 2.